The summed E-state index contributed by atoms with van der Waals surface area (Å²) >= 11 is 0. The Morgan fingerprint density at radius 1 is 1.33 bits per heavy atom. The molecule has 0 aromatic carbocycles. The van der Waals surface area contributed by atoms with Crippen molar-refractivity contribution in [1.82, 2.24) is 15.1 Å². The first-order valence-corrected chi connectivity index (χ1v) is 7.12. The van der Waals surface area contributed by atoms with E-state index in [1.165, 1.54) is 0 Å². The minimum Gasteiger partial charge on any atom is -0.456 e. The number of anilines is 1. The summed E-state index contributed by atoms with van der Waals surface area (Å²) < 4.78 is 5.40. The zero-order valence-electron chi connectivity index (χ0n) is 12.0. The molecular weight excluding hydrogens is 268 g/mol. The van der Waals surface area contributed by atoms with Gasteiger partial charge in [0.05, 0.1) is 0 Å². The lowest BCUT2D eigenvalue weighted by atomic mass is 10.0. The smallest absolute Gasteiger partial charge is 0.289 e. The Labute approximate surface area is 123 Å². The van der Waals surface area contributed by atoms with E-state index in [4.69, 9.17) is 4.42 Å². The van der Waals surface area contributed by atoms with Crippen LogP contribution in [-0.4, -0.2) is 40.1 Å². The molecule has 2 aromatic heterocycles. The number of aryl methyl sites for hydroxylation is 1. The summed E-state index contributed by atoms with van der Waals surface area (Å²) in [5.74, 6) is 1.94. The maximum atomic E-state index is 12.3. The van der Waals surface area contributed by atoms with Crippen LogP contribution in [-0.2, 0) is 0 Å². The van der Waals surface area contributed by atoms with Crippen LogP contribution in [0.4, 0.5) is 5.82 Å². The van der Waals surface area contributed by atoms with Gasteiger partial charge in [0.25, 0.3) is 5.91 Å². The summed E-state index contributed by atoms with van der Waals surface area (Å²) in [7, 11) is 0. The van der Waals surface area contributed by atoms with E-state index in [1.807, 2.05) is 30.0 Å². The first-order valence-electron chi connectivity index (χ1n) is 7.12. The zero-order valence-corrected chi connectivity index (χ0v) is 12.0. The van der Waals surface area contributed by atoms with Gasteiger partial charge in [0, 0.05) is 25.3 Å². The van der Waals surface area contributed by atoms with Crippen LogP contribution < -0.4 is 5.32 Å². The molecule has 6 heteroatoms. The zero-order chi connectivity index (χ0) is 14.7. The molecule has 110 valence electrons. The molecule has 3 rings (SSSR count). The second-order valence-corrected chi connectivity index (χ2v) is 5.23. The largest absolute Gasteiger partial charge is 0.456 e. The first kappa shape index (κ1) is 13.6. The molecular formula is C15H18N4O2. The average molecular weight is 286 g/mol. The summed E-state index contributed by atoms with van der Waals surface area (Å²) in [6, 6.07) is 7.63. The lowest BCUT2D eigenvalue weighted by molar-refractivity contribution is 0.0685. The Hall–Kier alpha value is -2.37. The molecule has 0 unspecified atom stereocenters. The molecule has 0 radical (unpaired) electrons. The molecule has 21 heavy (non-hydrogen) atoms. The highest BCUT2D eigenvalue weighted by atomic mass is 16.3. The lowest BCUT2D eigenvalue weighted by Crippen LogP contribution is -2.42. The molecule has 1 fully saturated rings. The number of carbonyl (C=O) groups excluding carboxylic acids is 1. The molecule has 1 saturated heterocycles. The van der Waals surface area contributed by atoms with Crippen molar-refractivity contribution >= 4 is 11.7 Å². The van der Waals surface area contributed by atoms with Crippen molar-refractivity contribution in [3.8, 4) is 0 Å². The topological polar surface area (TPSA) is 71.3 Å². The van der Waals surface area contributed by atoms with Crippen LogP contribution in [0.1, 0.15) is 29.2 Å². The molecule has 0 spiro atoms. The summed E-state index contributed by atoms with van der Waals surface area (Å²) in [5, 5.41) is 11.2. The molecule has 1 aliphatic heterocycles. The highest BCUT2D eigenvalue weighted by molar-refractivity contribution is 5.91. The van der Waals surface area contributed by atoms with Crippen molar-refractivity contribution in [2.24, 2.45) is 0 Å². The maximum Gasteiger partial charge on any atom is 0.289 e. The molecule has 2 aromatic rings. The second-order valence-electron chi connectivity index (χ2n) is 5.23. The summed E-state index contributed by atoms with van der Waals surface area (Å²) in [6.07, 6.45) is 3.43. The second kappa shape index (κ2) is 5.95. The van der Waals surface area contributed by atoms with Gasteiger partial charge in [-0.3, -0.25) is 4.79 Å². The number of amides is 1. The van der Waals surface area contributed by atoms with E-state index in [0.29, 0.717) is 11.8 Å². The molecule has 3 heterocycles. The van der Waals surface area contributed by atoms with Crippen molar-refractivity contribution in [3.05, 3.63) is 42.0 Å². The van der Waals surface area contributed by atoms with Crippen LogP contribution in [0.3, 0.4) is 0 Å². The van der Waals surface area contributed by atoms with Gasteiger partial charge in [-0.2, -0.15) is 5.10 Å². The first-order chi connectivity index (χ1) is 10.2. The van der Waals surface area contributed by atoms with Crippen molar-refractivity contribution in [2.45, 2.75) is 25.8 Å². The highest BCUT2D eigenvalue weighted by Gasteiger charge is 2.25. The fourth-order valence-electron chi connectivity index (χ4n) is 2.52. The van der Waals surface area contributed by atoms with Crippen molar-refractivity contribution in [1.29, 1.82) is 0 Å². The van der Waals surface area contributed by atoms with Crippen LogP contribution in [0, 0.1) is 6.92 Å². The van der Waals surface area contributed by atoms with E-state index < -0.39 is 0 Å². The van der Waals surface area contributed by atoms with Crippen LogP contribution >= 0.6 is 0 Å². The molecule has 6 nitrogen and oxygen atoms in total. The lowest BCUT2D eigenvalue weighted by Gasteiger charge is -2.32. The number of aromatic nitrogens is 2. The van der Waals surface area contributed by atoms with Gasteiger partial charge in [0.15, 0.2) is 5.76 Å². The van der Waals surface area contributed by atoms with Gasteiger partial charge in [-0.1, -0.05) is 0 Å². The van der Waals surface area contributed by atoms with Crippen LogP contribution in [0.5, 0.6) is 0 Å². The predicted octanol–water partition coefficient (Wildman–Crippen LogP) is 2.09. The molecule has 0 aliphatic carbocycles. The Bertz CT molecular complexity index is 603. The number of nitrogens with zero attached hydrogens (tertiary/aromatic N) is 3. The molecule has 1 aliphatic rings. The highest BCUT2D eigenvalue weighted by Crippen LogP contribution is 2.17. The number of rotatable bonds is 3. The number of likely N-dealkylation sites (tertiary alicyclic amines) is 1. The van der Waals surface area contributed by atoms with Gasteiger partial charge in [0.1, 0.15) is 11.6 Å². The van der Waals surface area contributed by atoms with Gasteiger partial charge >= 0.3 is 0 Å². The van der Waals surface area contributed by atoms with E-state index in [-0.39, 0.29) is 5.91 Å². The van der Waals surface area contributed by atoms with Crippen LogP contribution in [0.25, 0.3) is 0 Å². The van der Waals surface area contributed by atoms with Gasteiger partial charge in [-0.25, -0.2) is 0 Å². The van der Waals surface area contributed by atoms with Crippen LogP contribution in [0.2, 0.25) is 0 Å². The third-order valence-electron chi connectivity index (χ3n) is 3.66. The number of nitrogens with one attached hydrogen (secondary N) is 1. The molecule has 0 bridgehead atoms. The number of hydrogen-bond donors (Lipinski definition) is 1. The van der Waals surface area contributed by atoms with Gasteiger partial charge in [-0.05, 0) is 44.0 Å². The van der Waals surface area contributed by atoms with Crippen molar-refractivity contribution in [2.75, 3.05) is 18.4 Å². The molecule has 1 N–H and O–H groups in total. The number of furan rings is 1. The minimum absolute atomic E-state index is 0.0268. The minimum atomic E-state index is -0.0268. The average Bonchev–Trinajstić information content (AvgIpc) is 2.95. The fraction of sp³-hybridized carbons (Fsp3) is 0.400. The Morgan fingerprint density at radius 3 is 2.76 bits per heavy atom. The van der Waals surface area contributed by atoms with E-state index in [0.717, 1.165) is 37.5 Å². The normalized spacial score (nSPS) is 16.0. The van der Waals surface area contributed by atoms with E-state index in [2.05, 4.69) is 15.5 Å². The third-order valence-corrected chi connectivity index (χ3v) is 3.66. The summed E-state index contributed by atoms with van der Waals surface area (Å²) in [4.78, 5) is 14.1. The van der Waals surface area contributed by atoms with Gasteiger partial charge in [0.2, 0.25) is 0 Å². The standard InChI is InChI=1S/C15H18N4O2/c1-11-4-5-13(21-11)15(20)19-9-6-12(7-10-19)17-14-3-2-8-16-18-14/h2-5,8,12H,6-7,9-10H2,1H3,(H,17,18). The number of hydrogen-bond acceptors (Lipinski definition) is 5. The van der Waals surface area contributed by atoms with Crippen molar-refractivity contribution in [3.63, 3.8) is 0 Å². The quantitative estimate of drug-likeness (QED) is 0.935. The van der Waals surface area contributed by atoms with Gasteiger partial charge in [-0.15, -0.1) is 5.10 Å². The SMILES string of the molecule is Cc1ccc(C(=O)N2CCC(Nc3cccnn3)CC2)o1. The number of piperidine rings is 1. The molecule has 0 atom stereocenters. The Morgan fingerprint density at radius 2 is 2.14 bits per heavy atom. The van der Waals surface area contributed by atoms with E-state index in [1.54, 1.807) is 12.3 Å². The predicted molar refractivity (Wildman–Crippen MR) is 78.0 cm³/mol. The summed E-state index contributed by atoms with van der Waals surface area (Å²) in [6.45, 7) is 3.28. The third kappa shape index (κ3) is 3.21. The van der Waals surface area contributed by atoms with Crippen LogP contribution in [0.15, 0.2) is 34.9 Å². The van der Waals surface area contributed by atoms with E-state index in [9.17, 15) is 4.79 Å². The van der Waals surface area contributed by atoms with Crippen molar-refractivity contribution < 1.29 is 9.21 Å². The maximum absolute atomic E-state index is 12.3. The number of carbonyl (C=O) groups is 1. The Balaban J connectivity index is 1.54. The van der Waals surface area contributed by atoms with Gasteiger partial charge < -0.3 is 14.6 Å². The molecule has 0 saturated carbocycles. The summed E-state index contributed by atoms with van der Waals surface area (Å²) in [5.41, 5.74) is 0. The fourth-order valence-corrected chi connectivity index (χ4v) is 2.52. The Kier molecular flexibility index (Phi) is 3.85. The monoisotopic (exact) mass is 286 g/mol. The van der Waals surface area contributed by atoms with E-state index >= 15 is 0 Å². The molecule has 1 amide bonds.